The minimum atomic E-state index is -0.890. The zero-order chi connectivity index (χ0) is 23.0. The summed E-state index contributed by atoms with van der Waals surface area (Å²) in [4.78, 5) is 14.3. The quantitative estimate of drug-likeness (QED) is 0.338. The molecule has 5 nitrogen and oxygen atoms in total. The lowest BCUT2D eigenvalue weighted by molar-refractivity contribution is -0.137. The van der Waals surface area contributed by atoms with Gasteiger partial charge in [0.1, 0.15) is 5.75 Å². The molecule has 0 unspecified atom stereocenters. The van der Waals surface area contributed by atoms with Gasteiger partial charge in [0, 0.05) is 17.8 Å². The molecule has 0 spiro atoms. The number of rotatable bonds is 11. The topological polar surface area (TPSA) is 61.8 Å². The number of benzene rings is 2. The average Bonchev–Trinajstić information content (AvgIpc) is 2.94. The van der Waals surface area contributed by atoms with E-state index < -0.39 is 5.97 Å². The number of ether oxygens (including phenoxy) is 1. The highest BCUT2D eigenvalue weighted by atomic mass is 35.5. The Balaban J connectivity index is 2.00. The molecule has 0 aliphatic carbocycles. The van der Waals surface area contributed by atoms with E-state index in [0.29, 0.717) is 10.8 Å². The molecule has 0 bridgehead atoms. The molecule has 2 aromatic rings. The number of unbranched alkanes of at least 4 members (excludes halogenated alkanes) is 2. The van der Waals surface area contributed by atoms with Crippen molar-refractivity contribution in [3.05, 3.63) is 47.5 Å². The second-order valence-electron chi connectivity index (χ2n) is 8.36. The standard InChI is InChI=1S/C25H33ClN2O3S/c1-3-5-13-25(14-6-4-2)18-28(19-10-8-7-9-11-19)21-16-20(26)22(17-23(21)32-27-25)31-15-12-24(29)30/h7-11,16-17,27H,3-6,12-15,18H2,1-2H3,(H,29,30). The Bertz CT molecular complexity index is 886. The molecule has 0 aromatic heterocycles. The second kappa shape index (κ2) is 11.8. The maximum atomic E-state index is 10.9. The molecule has 2 N–H and O–H groups in total. The van der Waals surface area contributed by atoms with Gasteiger partial charge in [0.15, 0.2) is 0 Å². The van der Waals surface area contributed by atoms with E-state index in [4.69, 9.17) is 21.4 Å². The van der Waals surface area contributed by atoms with Gasteiger partial charge in [-0.05, 0) is 49.1 Å². The number of nitrogens with one attached hydrogen (secondary N) is 1. The minimum Gasteiger partial charge on any atom is -0.491 e. The molecule has 2 aromatic carbocycles. The summed E-state index contributed by atoms with van der Waals surface area (Å²) in [6.07, 6.45) is 6.79. The average molecular weight is 477 g/mol. The van der Waals surface area contributed by atoms with Crippen molar-refractivity contribution in [1.29, 1.82) is 0 Å². The summed E-state index contributed by atoms with van der Waals surface area (Å²) in [5, 5.41) is 9.41. The molecular weight excluding hydrogens is 444 g/mol. The molecule has 1 aliphatic heterocycles. The van der Waals surface area contributed by atoms with E-state index in [1.54, 1.807) is 11.9 Å². The van der Waals surface area contributed by atoms with E-state index in [9.17, 15) is 4.79 Å². The second-order valence-corrected chi connectivity index (χ2v) is 9.61. The molecule has 0 fully saturated rings. The largest absolute Gasteiger partial charge is 0.491 e. The summed E-state index contributed by atoms with van der Waals surface area (Å²) in [6, 6.07) is 14.3. The molecule has 3 rings (SSSR count). The van der Waals surface area contributed by atoms with Gasteiger partial charge in [0.25, 0.3) is 0 Å². The van der Waals surface area contributed by atoms with Crippen LogP contribution in [0, 0.1) is 0 Å². The third-order valence-corrected chi connectivity index (χ3v) is 7.18. The maximum absolute atomic E-state index is 10.9. The predicted molar refractivity (Wildman–Crippen MR) is 133 cm³/mol. The van der Waals surface area contributed by atoms with Crippen molar-refractivity contribution >= 4 is 40.9 Å². The van der Waals surface area contributed by atoms with Crippen molar-refractivity contribution in [1.82, 2.24) is 4.72 Å². The Kier molecular flexibility index (Phi) is 9.14. The summed E-state index contributed by atoms with van der Waals surface area (Å²) in [7, 11) is 0. The number of carboxylic acids is 1. The highest BCUT2D eigenvalue weighted by molar-refractivity contribution is 7.97. The van der Waals surface area contributed by atoms with E-state index >= 15 is 0 Å². The van der Waals surface area contributed by atoms with Gasteiger partial charge in [-0.2, -0.15) is 0 Å². The first-order valence-corrected chi connectivity index (χ1v) is 12.6. The van der Waals surface area contributed by atoms with Crippen molar-refractivity contribution in [3.8, 4) is 5.75 Å². The first kappa shape index (κ1) is 24.7. The van der Waals surface area contributed by atoms with Crippen LogP contribution in [-0.2, 0) is 4.79 Å². The van der Waals surface area contributed by atoms with E-state index in [1.165, 1.54) is 12.8 Å². The smallest absolute Gasteiger partial charge is 0.306 e. The fraction of sp³-hybridized carbons (Fsp3) is 0.480. The van der Waals surface area contributed by atoms with Crippen LogP contribution in [0.3, 0.4) is 0 Å². The molecule has 0 radical (unpaired) electrons. The monoisotopic (exact) mass is 476 g/mol. The van der Waals surface area contributed by atoms with Crippen molar-refractivity contribution in [2.24, 2.45) is 0 Å². The van der Waals surface area contributed by atoms with E-state index in [2.05, 4.69) is 47.7 Å². The van der Waals surface area contributed by atoms with E-state index in [-0.39, 0.29) is 18.6 Å². The Labute approximate surface area is 200 Å². The SMILES string of the molecule is CCCCC1(CCCC)CN(c2ccccc2)c2cc(Cl)c(OCCC(=O)O)cc2SN1. The Morgan fingerprint density at radius 2 is 1.88 bits per heavy atom. The lowest BCUT2D eigenvalue weighted by Crippen LogP contribution is -2.49. The normalized spacial score (nSPS) is 15.2. The number of nitrogens with zero attached hydrogens (tertiary/aromatic N) is 1. The summed E-state index contributed by atoms with van der Waals surface area (Å²) in [6.45, 7) is 5.42. The van der Waals surface area contributed by atoms with Gasteiger partial charge in [-0.15, -0.1) is 0 Å². The summed E-state index contributed by atoms with van der Waals surface area (Å²) in [5.74, 6) is -0.373. The van der Waals surface area contributed by atoms with Crippen molar-refractivity contribution < 1.29 is 14.6 Å². The third-order valence-electron chi connectivity index (χ3n) is 5.80. The van der Waals surface area contributed by atoms with Gasteiger partial charge >= 0.3 is 5.97 Å². The van der Waals surface area contributed by atoms with Gasteiger partial charge < -0.3 is 14.7 Å². The molecule has 0 saturated carbocycles. The molecule has 0 amide bonds. The van der Waals surface area contributed by atoms with Crippen molar-refractivity contribution in [3.63, 3.8) is 0 Å². The highest BCUT2D eigenvalue weighted by Gasteiger charge is 2.36. The fourth-order valence-electron chi connectivity index (χ4n) is 4.01. The first-order valence-electron chi connectivity index (χ1n) is 11.4. The van der Waals surface area contributed by atoms with Crippen LogP contribution in [-0.4, -0.2) is 29.8 Å². The van der Waals surface area contributed by atoms with Gasteiger partial charge in [0.05, 0.1) is 28.6 Å². The van der Waals surface area contributed by atoms with Crippen LogP contribution < -0.4 is 14.4 Å². The number of anilines is 2. The number of carboxylic acid groups (broad SMARTS) is 1. The van der Waals surface area contributed by atoms with Gasteiger partial charge in [-0.3, -0.25) is 9.52 Å². The minimum absolute atomic E-state index is 0.0254. The van der Waals surface area contributed by atoms with Crippen LogP contribution in [0.2, 0.25) is 5.02 Å². The fourth-order valence-corrected chi connectivity index (χ4v) is 5.26. The zero-order valence-corrected chi connectivity index (χ0v) is 20.5. The first-order chi connectivity index (χ1) is 15.5. The number of carbonyl (C=O) groups is 1. The molecule has 0 atom stereocenters. The van der Waals surface area contributed by atoms with E-state index in [1.807, 2.05) is 18.2 Å². The molecule has 0 saturated heterocycles. The molecule has 174 valence electrons. The lowest BCUT2D eigenvalue weighted by atomic mass is 9.87. The Morgan fingerprint density at radius 3 is 2.50 bits per heavy atom. The summed E-state index contributed by atoms with van der Waals surface area (Å²) in [5.41, 5.74) is 2.15. The number of hydrogen-bond acceptors (Lipinski definition) is 5. The summed E-state index contributed by atoms with van der Waals surface area (Å²) < 4.78 is 9.53. The number of fused-ring (bicyclic) bond motifs is 1. The molecule has 1 heterocycles. The van der Waals surface area contributed by atoms with Crippen molar-refractivity contribution in [2.45, 2.75) is 69.2 Å². The van der Waals surface area contributed by atoms with Crippen LogP contribution in [0.5, 0.6) is 5.75 Å². The Hall–Kier alpha value is -1.89. The van der Waals surface area contributed by atoms with Gasteiger partial charge in [-0.25, -0.2) is 0 Å². The summed E-state index contributed by atoms with van der Waals surface area (Å²) >= 11 is 8.22. The predicted octanol–water partition coefficient (Wildman–Crippen LogP) is 7.06. The van der Waals surface area contributed by atoms with E-state index in [0.717, 1.165) is 48.5 Å². The number of para-hydroxylation sites is 1. The lowest BCUT2D eigenvalue weighted by Gasteiger charge is -2.38. The zero-order valence-electron chi connectivity index (χ0n) is 18.9. The molecule has 1 aliphatic rings. The van der Waals surface area contributed by atoms with Crippen LogP contribution in [0.4, 0.5) is 11.4 Å². The number of aliphatic carboxylic acids is 1. The van der Waals surface area contributed by atoms with Crippen molar-refractivity contribution in [2.75, 3.05) is 18.1 Å². The van der Waals surface area contributed by atoms with Gasteiger partial charge in [0.2, 0.25) is 0 Å². The molecule has 32 heavy (non-hydrogen) atoms. The number of halogens is 1. The highest BCUT2D eigenvalue weighted by Crippen LogP contribution is 2.45. The third kappa shape index (κ3) is 6.33. The maximum Gasteiger partial charge on any atom is 0.306 e. The van der Waals surface area contributed by atoms with Crippen LogP contribution in [0.1, 0.15) is 58.8 Å². The van der Waals surface area contributed by atoms with Gasteiger partial charge in [-0.1, -0.05) is 69.3 Å². The molecule has 7 heteroatoms. The Morgan fingerprint density at radius 1 is 1.19 bits per heavy atom. The molecular formula is C25H33ClN2O3S. The number of hydrogen-bond donors (Lipinski definition) is 2. The van der Waals surface area contributed by atoms with Crippen LogP contribution >= 0.6 is 23.5 Å². The van der Waals surface area contributed by atoms with Crippen LogP contribution in [0.15, 0.2) is 47.4 Å². The van der Waals surface area contributed by atoms with Crippen LogP contribution in [0.25, 0.3) is 0 Å².